The van der Waals surface area contributed by atoms with Crippen molar-refractivity contribution in [3.63, 3.8) is 0 Å². The van der Waals surface area contributed by atoms with Crippen molar-refractivity contribution in [1.29, 1.82) is 0 Å². The number of amides is 1. The lowest BCUT2D eigenvalue weighted by molar-refractivity contribution is -0.0175. The monoisotopic (exact) mass is 486 g/mol. The van der Waals surface area contributed by atoms with Crippen molar-refractivity contribution in [1.82, 2.24) is 15.2 Å². The number of alkyl halides is 2. The molecule has 2 heterocycles. The molecule has 0 radical (unpaired) electrons. The Labute approximate surface area is 193 Å². The molecule has 1 aliphatic heterocycles. The van der Waals surface area contributed by atoms with Crippen LogP contribution < -0.4 is 16.8 Å². The molecule has 1 amide bonds. The second-order valence-corrected chi connectivity index (χ2v) is 8.14. The van der Waals surface area contributed by atoms with Crippen molar-refractivity contribution in [3.8, 4) is 0 Å². The summed E-state index contributed by atoms with van der Waals surface area (Å²) in [7, 11) is 1.39. The molecule has 2 rings (SSSR count). The number of nitrogens with one attached hydrogen (secondary N) is 1. The zero-order chi connectivity index (χ0) is 24.8. The van der Waals surface area contributed by atoms with Gasteiger partial charge in [-0.25, -0.2) is 22.5 Å². The Kier molecular flexibility index (Phi) is 8.80. The molecule has 0 saturated carbocycles. The Morgan fingerprint density at radius 3 is 2.64 bits per heavy atom. The normalized spacial score (nSPS) is 18.5. The van der Waals surface area contributed by atoms with E-state index in [1.807, 2.05) is 0 Å². The van der Waals surface area contributed by atoms with Crippen LogP contribution in [-0.4, -0.2) is 47.7 Å². The highest BCUT2D eigenvalue weighted by atomic mass is 32.1. The van der Waals surface area contributed by atoms with Crippen molar-refractivity contribution < 1.29 is 22.4 Å². The van der Waals surface area contributed by atoms with E-state index < -0.39 is 35.6 Å². The number of hydrogen-bond donors (Lipinski definition) is 3. The van der Waals surface area contributed by atoms with Crippen molar-refractivity contribution in [3.05, 3.63) is 53.0 Å². The van der Waals surface area contributed by atoms with Gasteiger partial charge in [0, 0.05) is 26.2 Å². The number of likely N-dealkylation sites (tertiary alicyclic amines) is 1. The third kappa shape index (κ3) is 6.21. The van der Waals surface area contributed by atoms with Crippen LogP contribution in [0.2, 0.25) is 0 Å². The molecular weight excluding hydrogens is 460 g/mol. The van der Waals surface area contributed by atoms with Crippen LogP contribution >= 0.6 is 11.3 Å². The maximum Gasteiger partial charge on any atom is 0.277 e. The molecule has 0 spiro atoms. The van der Waals surface area contributed by atoms with E-state index in [1.54, 1.807) is 0 Å². The minimum Gasteiger partial charge on any atom is -0.403 e. The molecule has 5 N–H and O–H groups in total. The first-order valence-electron chi connectivity index (χ1n) is 10.0. The molecule has 1 saturated heterocycles. The van der Waals surface area contributed by atoms with E-state index in [0.717, 1.165) is 18.4 Å². The third-order valence-corrected chi connectivity index (χ3v) is 5.70. The first-order valence-corrected chi connectivity index (χ1v) is 10.8. The number of amidine groups is 1. The molecule has 0 bridgehead atoms. The summed E-state index contributed by atoms with van der Waals surface area (Å²) in [6.07, 6.45) is 3.50. The van der Waals surface area contributed by atoms with Crippen LogP contribution in [0.4, 0.5) is 22.6 Å². The number of aliphatic imine (C=N–C) groups is 1. The number of hydrogen-bond acceptors (Lipinski definition) is 6. The van der Waals surface area contributed by atoms with E-state index in [1.165, 1.54) is 18.9 Å². The van der Waals surface area contributed by atoms with E-state index in [2.05, 4.69) is 21.9 Å². The van der Waals surface area contributed by atoms with E-state index >= 15 is 0 Å². The summed E-state index contributed by atoms with van der Waals surface area (Å²) in [6.45, 7) is 4.37. The minimum absolute atomic E-state index is 0.0261. The molecule has 33 heavy (non-hydrogen) atoms. The lowest BCUT2D eigenvalue weighted by Gasteiger charge is -2.28. The molecule has 12 heteroatoms. The number of carbonyl (C=O) groups is 1. The van der Waals surface area contributed by atoms with E-state index in [0.29, 0.717) is 30.7 Å². The minimum atomic E-state index is -2.92. The summed E-state index contributed by atoms with van der Waals surface area (Å²) in [5.41, 5.74) is 10.7. The second kappa shape index (κ2) is 11.1. The highest BCUT2D eigenvalue weighted by molar-refractivity contribution is 7.17. The predicted octanol–water partition coefficient (Wildman–Crippen LogP) is 4.14. The van der Waals surface area contributed by atoms with Crippen LogP contribution in [0, 0.1) is 0 Å². The predicted molar refractivity (Wildman–Crippen MR) is 123 cm³/mol. The van der Waals surface area contributed by atoms with Gasteiger partial charge in [0.15, 0.2) is 5.69 Å². The van der Waals surface area contributed by atoms with E-state index in [9.17, 15) is 22.4 Å². The number of thiazole rings is 1. The molecule has 180 valence electrons. The first-order chi connectivity index (χ1) is 15.6. The molecule has 1 aromatic heterocycles. The Morgan fingerprint density at radius 2 is 2.06 bits per heavy atom. The van der Waals surface area contributed by atoms with Gasteiger partial charge in [-0.3, -0.25) is 9.79 Å². The second-order valence-electron chi connectivity index (χ2n) is 7.11. The maximum absolute atomic E-state index is 14.2. The average molecular weight is 487 g/mol. The van der Waals surface area contributed by atoms with Crippen molar-refractivity contribution in [2.24, 2.45) is 10.7 Å². The van der Waals surface area contributed by atoms with Crippen molar-refractivity contribution in [2.45, 2.75) is 32.1 Å². The summed E-state index contributed by atoms with van der Waals surface area (Å²) < 4.78 is 56.6. The van der Waals surface area contributed by atoms with Gasteiger partial charge in [0.05, 0.1) is 17.8 Å². The zero-order valence-electron chi connectivity index (χ0n) is 18.3. The number of nitrogen functional groups attached to an aromatic ring is 1. The summed E-state index contributed by atoms with van der Waals surface area (Å²) in [4.78, 5) is 22.2. The lowest BCUT2D eigenvalue weighted by atomic mass is 10.2. The van der Waals surface area contributed by atoms with Gasteiger partial charge in [-0.05, 0) is 25.8 Å². The number of nitrogens with zero attached hydrogens (tertiary/aromatic N) is 3. The fraction of sp³-hybridized carbons (Fsp3) is 0.381. The van der Waals surface area contributed by atoms with Crippen LogP contribution in [0.1, 0.15) is 41.7 Å². The van der Waals surface area contributed by atoms with Crippen molar-refractivity contribution >= 4 is 33.7 Å². The zero-order valence-corrected chi connectivity index (χ0v) is 19.1. The SMILES string of the molecule is C=C/C(F)=C(\C(F)=C/C)c1nc(C(=O)N/C(=C/N)C(=NC)N2CCCCC(F)(F)C2)c(N)s1. The fourth-order valence-electron chi connectivity index (χ4n) is 3.26. The molecule has 0 atom stereocenters. The number of anilines is 1. The van der Waals surface area contributed by atoms with Crippen molar-refractivity contribution in [2.75, 3.05) is 25.9 Å². The molecule has 1 fully saturated rings. The third-order valence-electron chi connectivity index (χ3n) is 4.80. The number of nitrogens with two attached hydrogens (primary N) is 2. The molecule has 0 unspecified atom stereocenters. The Balaban J connectivity index is 2.34. The number of allylic oxidation sites excluding steroid dienone is 5. The Bertz CT molecular complexity index is 1030. The van der Waals surface area contributed by atoms with Gasteiger partial charge < -0.3 is 21.7 Å². The quantitative estimate of drug-likeness (QED) is 0.242. The maximum atomic E-state index is 14.2. The van der Waals surface area contributed by atoms with Gasteiger partial charge in [-0.1, -0.05) is 24.0 Å². The highest BCUT2D eigenvalue weighted by Crippen LogP contribution is 2.35. The molecule has 7 nitrogen and oxygen atoms in total. The number of carbonyl (C=O) groups excluding carboxylic acids is 1. The molecule has 1 aromatic rings. The van der Waals surface area contributed by atoms with E-state index in [-0.39, 0.29) is 33.7 Å². The molecule has 1 aliphatic rings. The standard InChI is InChI=1S/C21H26F4N6OS/c1-4-12(22)15(13(23)5-2)20-30-16(17(27)33-20)19(32)29-14(10-26)18(28-3)31-9-7-6-8-21(24,25)11-31/h4-5,10H,1,6-9,11,26-27H2,2-3H3,(H,29,32)/b13-5+,14-10+,15-12-,28-18?. The van der Waals surface area contributed by atoms with Gasteiger partial charge in [-0.2, -0.15) is 0 Å². The van der Waals surface area contributed by atoms with Gasteiger partial charge in [0.2, 0.25) is 0 Å². The topological polar surface area (TPSA) is 110 Å². The van der Waals surface area contributed by atoms with Gasteiger partial charge in [0.25, 0.3) is 11.8 Å². The molecule has 0 aromatic carbocycles. The Morgan fingerprint density at radius 1 is 1.36 bits per heavy atom. The summed E-state index contributed by atoms with van der Waals surface area (Å²) >= 11 is 0.706. The van der Waals surface area contributed by atoms with Crippen LogP contribution in [0.3, 0.4) is 0 Å². The fourth-order valence-corrected chi connectivity index (χ4v) is 4.13. The van der Waals surface area contributed by atoms with Crippen LogP contribution in [-0.2, 0) is 0 Å². The van der Waals surface area contributed by atoms with Crippen LogP contribution in [0.15, 0.2) is 47.3 Å². The van der Waals surface area contributed by atoms with Gasteiger partial charge in [0.1, 0.15) is 27.5 Å². The van der Waals surface area contributed by atoms with Crippen LogP contribution in [0.5, 0.6) is 0 Å². The highest BCUT2D eigenvalue weighted by Gasteiger charge is 2.35. The van der Waals surface area contributed by atoms with Gasteiger partial charge >= 0.3 is 0 Å². The largest absolute Gasteiger partial charge is 0.403 e. The van der Waals surface area contributed by atoms with Crippen LogP contribution in [0.25, 0.3) is 5.57 Å². The average Bonchev–Trinajstić information content (AvgIpc) is 3.06. The number of aromatic nitrogens is 1. The lowest BCUT2D eigenvalue weighted by Crippen LogP contribution is -2.44. The van der Waals surface area contributed by atoms with Gasteiger partial charge in [-0.15, -0.1) is 0 Å². The number of halogens is 4. The molecular formula is C21H26F4N6OS. The smallest absolute Gasteiger partial charge is 0.277 e. The first kappa shape index (κ1) is 26.1. The number of rotatable bonds is 6. The summed E-state index contributed by atoms with van der Waals surface area (Å²) in [5, 5.41) is 2.19. The Hall–Kier alpha value is -3.15. The van der Waals surface area contributed by atoms with E-state index in [4.69, 9.17) is 11.5 Å². The summed E-state index contributed by atoms with van der Waals surface area (Å²) in [6, 6.07) is 0. The summed E-state index contributed by atoms with van der Waals surface area (Å²) in [5.74, 6) is -5.57. The molecule has 0 aliphatic carbocycles.